The molecule has 2 aromatic heterocycles. The number of hydrogen-bond acceptors (Lipinski definition) is 8. The fourth-order valence-electron chi connectivity index (χ4n) is 7.04. The molecule has 64 heavy (non-hydrogen) atoms. The second-order valence-electron chi connectivity index (χ2n) is 14.2. The maximum Gasteiger partial charge on any atom is 0.488 e. The number of halogens is 3. The Hall–Kier alpha value is -6.54. The van der Waals surface area contributed by atoms with E-state index in [1.54, 1.807) is 36.9 Å². The molecule has 0 bridgehead atoms. The summed E-state index contributed by atoms with van der Waals surface area (Å²) < 4.78 is 2.88. The van der Waals surface area contributed by atoms with Gasteiger partial charge in [0.05, 0.1) is 5.52 Å². The minimum atomic E-state index is -1.45. The largest absolute Gasteiger partial charge is 0.488 e. The van der Waals surface area contributed by atoms with Gasteiger partial charge in [0.25, 0.3) is 0 Å². The van der Waals surface area contributed by atoms with Gasteiger partial charge in [0.1, 0.15) is 16.6 Å². The van der Waals surface area contributed by atoms with E-state index in [4.69, 9.17) is 0 Å². The molecular formula is C52H38BBr3N6O2. The smallest absolute Gasteiger partial charge is 0.423 e. The van der Waals surface area contributed by atoms with Crippen LogP contribution in [0.3, 0.4) is 0 Å². The van der Waals surface area contributed by atoms with E-state index in [1.165, 1.54) is 0 Å². The van der Waals surface area contributed by atoms with Crippen molar-refractivity contribution < 1.29 is 10.0 Å². The number of nitrogens with zero attached hydrogens (tertiary/aromatic N) is 6. The van der Waals surface area contributed by atoms with Crippen LogP contribution in [0.2, 0.25) is 0 Å². The van der Waals surface area contributed by atoms with Crippen LogP contribution >= 0.6 is 47.8 Å². The second kappa shape index (κ2) is 21.2. The van der Waals surface area contributed by atoms with Gasteiger partial charge in [-0.25, -0.2) is 0 Å². The third-order valence-electron chi connectivity index (χ3n) is 10.0. The predicted octanol–water partition coefficient (Wildman–Crippen LogP) is 13.5. The van der Waals surface area contributed by atoms with Gasteiger partial charge in [0, 0.05) is 77.9 Å². The van der Waals surface area contributed by atoms with Gasteiger partial charge in [-0.05, 0) is 150 Å². The average molecular weight is 1030 g/mol. The molecule has 8 nitrogen and oxygen atoms in total. The number of rotatable bonds is 8. The molecule has 12 heteroatoms. The van der Waals surface area contributed by atoms with E-state index in [2.05, 4.69) is 156 Å². The Balaban J connectivity index is 0.000000144. The van der Waals surface area contributed by atoms with Gasteiger partial charge in [-0.3, -0.25) is 19.9 Å². The van der Waals surface area contributed by atoms with Crippen molar-refractivity contribution in [2.45, 2.75) is 0 Å². The first kappa shape index (κ1) is 44.1. The average Bonchev–Trinajstić information content (AvgIpc) is 3.35. The van der Waals surface area contributed by atoms with Crippen LogP contribution in [0.25, 0.3) is 33.2 Å². The fourth-order valence-corrected chi connectivity index (χ4v) is 8.30. The highest BCUT2D eigenvalue weighted by Crippen LogP contribution is 2.37. The van der Waals surface area contributed by atoms with Crippen molar-refractivity contribution in [3.05, 3.63) is 232 Å². The molecule has 2 heterocycles. The normalized spacial score (nSPS) is 10.6. The van der Waals surface area contributed by atoms with Gasteiger partial charge in [0.15, 0.2) is 0 Å². The van der Waals surface area contributed by atoms with E-state index in [0.717, 1.165) is 80.7 Å². The maximum atomic E-state index is 9.23. The lowest BCUT2D eigenvalue weighted by molar-refractivity contribution is 0.426. The molecule has 10 rings (SSSR count). The predicted molar refractivity (Wildman–Crippen MR) is 273 cm³/mol. The molecule has 0 fully saturated rings. The Bertz CT molecular complexity index is 2950. The first-order valence-corrected chi connectivity index (χ1v) is 22.5. The summed E-state index contributed by atoms with van der Waals surface area (Å²) in [6, 6.07) is 64.8. The van der Waals surface area contributed by atoms with Crippen molar-refractivity contribution >= 4 is 117 Å². The van der Waals surface area contributed by atoms with Crippen LogP contribution in [0, 0.1) is 0 Å². The number of hydrogen-bond donors (Lipinski definition) is 2. The van der Waals surface area contributed by atoms with E-state index in [1.807, 2.05) is 103 Å². The lowest BCUT2D eigenvalue weighted by Gasteiger charge is -2.25. The molecule has 8 aromatic carbocycles. The highest BCUT2D eigenvalue weighted by molar-refractivity contribution is 9.11. The Morgan fingerprint density at radius 3 is 0.984 bits per heavy atom. The molecule has 0 aliphatic heterocycles. The number of fused-ring (bicyclic) bond motifs is 2. The third kappa shape index (κ3) is 10.5. The van der Waals surface area contributed by atoms with Gasteiger partial charge in [0.2, 0.25) is 0 Å². The Labute approximate surface area is 397 Å². The molecule has 0 radical (unpaired) electrons. The van der Waals surface area contributed by atoms with Crippen molar-refractivity contribution in [1.29, 1.82) is 0 Å². The zero-order valence-electron chi connectivity index (χ0n) is 34.1. The molecule has 0 spiro atoms. The van der Waals surface area contributed by atoms with Crippen LogP contribution in [0.1, 0.15) is 0 Å². The quantitative estimate of drug-likeness (QED) is 0.145. The SMILES string of the molecule is Brc1ccc(-c2ccc(N(c3ccccc3)c3ccccc3)cc2)c2nccnc12.Brc1ccc(Br)c2nccnc12.OB(O)c1ccc(N(c2ccccc2)c2ccccc2)cc1. The summed E-state index contributed by atoms with van der Waals surface area (Å²) in [7, 11) is -1.45. The molecule has 0 saturated carbocycles. The van der Waals surface area contributed by atoms with Crippen molar-refractivity contribution in [1.82, 2.24) is 19.9 Å². The molecule has 0 saturated heterocycles. The molecule has 0 atom stereocenters. The Morgan fingerprint density at radius 1 is 0.328 bits per heavy atom. The van der Waals surface area contributed by atoms with E-state index < -0.39 is 7.12 Å². The molecule has 2 N–H and O–H groups in total. The van der Waals surface area contributed by atoms with Crippen molar-refractivity contribution in [2.24, 2.45) is 0 Å². The molecule has 0 aliphatic carbocycles. The maximum absolute atomic E-state index is 9.23. The van der Waals surface area contributed by atoms with Crippen LogP contribution in [-0.2, 0) is 0 Å². The van der Waals surface area contributed by atoms with Crippen molar-refractivity contribution in [2.75, 3.05) is 9.80 Å². The minimum absolute atomic E-state index is 0.477. The zero-order chi connectivity index (χ0) is 44.3. The standard InChI is InChI=1S/C26H18BrN3.C18H16BNO2.C8H4Br2N2/c27-24-16-15-23(25-26(24)29-18-17-28-25)19-11-13-22(14-12-19)30(20-7-3-1-4-8-20)21-9-5-2-6-10-21;21-19(22)15-11-13-18(14-12-15)20(16-7-3-1-4-8-16)17-9-5-2-6-10-17;9-5-1-2-6(10)8-7(5)11-3-4-12-8/h1-18H;1-14,21-22H;1-4H. The Morgan fingerprint density at radius 2 is 0.625 bits per heavy atom. The lowest BCUT2D eigenvalue weighted by Crippen LogP contribution is -2.29. The van der Waals surface area contributed by atoms with Crippen LogP contribution in [0.5, 0.6) is 0 Å². The molecular weight excluding hydrogens is 991 g/mol. The summed E-state index contributed by atoms with van der Waals surface area (Å²) in [5, 5.41) is 18.5. The molecule has 312 valence electrons. The van der Waals surface area contributed by atoms with Gasteiger partial charge in [-0.15, -0.1) is 0 Å². The first-order valence-electron chi connectivity index (χ1n) is 20.2. The van der Waals surface area contributed by atoms with E-state index in [-0.39, 0.29) is 0 Å². The summed E-state index contributed by atoms with van der Waals surface area (Å²) >= 11 is 10.4. The molecule has 0 aliphatic rings. The zero-order valence-corrected chi connectivity index (χ0v) is 38.8. The minimum Gasteiger partial charge on any atom is -0.423 e. The summed E-state index contributed by atoms with van der Waals surface area (Å²) in [5.41, 5.74) is 12.6. The van der Waals surface area contributed by atoms with E-state index >= 15 is 0 Å². The molecule has 0 unspecified atom stereocenters. The molecule has 10 aromatic rings. The lowest BCUT2D eigenvalue weighted by atomic mass is 9.80. The fraction of sp³-hybridized carbons (Fsp3) is 0. The van der Waals surface area contributed by atoms with Gasteiger partial charge >= 0.3 is 7.12 Å². The highest BCUT2D eigenvalue weighted by atomic mass is 79.9. The molecule has 0 amide bonds. The summed E-state index contributed by atoms with van der Waals surface area (Å²) in [6.45, 7) is 0. The summed E-state index contributed by atoms with van der Waals surface area (Å²) in [5.74, 6) is 0. The van der Waals surface area contributed by atoms with E-state index in [0.29, 0.717) is 5.46 Å². The monoisotopic (exact) mass is 1030 g/mol. The van der Waals surface area contributed by atoms with Crippen LogP contribution in [0.4, 0.5) is 34.1 Å². The van der Waals surface area contributed by atoms with E-state index in [9.17, 15) is 10.0 Å². The van der Waals surface area contributed by atoms with Crippen LogP contribution < -0.4 is 15.3 Å². The third-order valence-corrected chi connectivity index (χ3v) is 12.0. The topological polar surface area (TPSA) is 98.5 Å². The highest BCUT2D eigenvalue weighted by Gasteiger charge is 2.16. The van der Waals surface area contributed by atoms with Crippen molar-refractivity contribution in [3.63, 3.8) is 0 Å². The van der Waals surface area contributed by atoms with Crippen LogP contribution in [-0.4, -0.2) is 37.1 Å². The summed E-state index contributed by atoms with van der Waals surface area (Å²) in [6.07, 6.45) is 6.82. The summed E-state index contributed by atoms with van der Waals surface area (Å²) in [4.78, 5) is 21.8. The number of benzene rings is 8. The number of aromatic nitrogens is 4. The Kier molecular flexibility index (Phi) is 14.6. The first-order chi connectivity index (χ1) is 31.4. The van der Waals surface area contributed by atoms with Gasteiger partial charge in [-0.1, -0.05) is 103 Å². The van der Waals surface area contributed by atoms with Gasteiger partial charge < -0.3 is 19.8 Å². The number of anilines is 6. The van der Waals surface area contributed by atoms with Crippen LogP contribution in [0.15, 0.2) is 232 Å². The second-order valence-corrected chi connectivity index (χ2v) is 16.7. The van der Waals surface area contributed by atoms with Gasteiger partial charge in [-0.2, -0.15) is 0 Å². The van der Waals surface area contributed by atoms with Crippen molar-refractivity contribution in [3.8, 4) is 11.1 Å². The number of para-hydroxylation sites is 4.